The predicted molar refractivity (Wildman–Crippen MR) is 65.8 cm³/mol. The molecule has 0 aliphatic heterocycles. The summed E-state index contributed by atoms with van der Waals surface area (Å²) in [7, 11) is 1.91. The van der Waals surface area contributed by atoms with Crippen LogP contribution >= 0.6 is 11.6 Å². The van der Waals surface area contributed by atoms with E-state index >= 15 is 0 Å². The van der Waals surface area contributed by atoms with Crippen molar-refractivity contribution in [3.63, 3.8) is 0 Å². The lowest BCUT2D eigenvalue weighted by atomic mass is 9.99. The van der Waals surface area contributed by atoms with Crippen LogP contribution in [0.25, 0.3) is 0 Å². The average molecular weight is 236 g/mol. The molecule has 1 aromatic carbocycles. The summed E-state index contributed by atoms with van der Waals surface area (Å²) in [6.45, 7) is 2.02. The first-order valence-electron chi connectivity index (χ1n) is 5.19. The van der Waals surface area contributed by atoms with Crippen LogP contribution in [0.3, 0.4) is 0 Å². The summed E-state index contributed by atoms with van der Waals surface area (Å²) < 4.78 is 5.43. The Morgan fingerprint density at radius 3 is 2.69 bits per heavy atom. The van der Waals surface area contributed by atoms with Crippen LogP contribution < -0.4 is 5.32 Å². The van der Waals surface area contributed by atoms with Gasteiger partial charge >= 0.3 is 0 Å². The highest BCUT2D eigenvalue weighted by Crippen LogP contribution is 2.28. The molecule has 0 saturated carbocycles. The zero-order valence-corrected chi connectivity index (χ0v) is 10.1. The molecular formula is C13H14ClNO. The zero-order chi connectivity index (χ0) is 11.5. The van der Waals surface area contributed by atoms with Gasteiger partial charge in [0.25, 0.3) is 0 Å². The van der Waals surface area contributed by atoms with E-state index in [0.717, 1.165) is 21.9 Å². The minimum atomic E-state index is 0.0497. The number of furan rings is 1. The molecule has 2 aromatic rings. The standard InChI is InChI=1S/C13H14ClNO/c1-9-10(5-3-6-11(9)14)13(15-2)12-7-4-8-16-12/h3-8,13,15H,1-2H3. The summed E-state index contributed by atoms with van der Waals surface area (Å²) in [6.07, 6.45) is 1.68. The van der Waals surface area contributed by atoms with Crippen LogP contribution in [0.4, 0.5) is 0 Å². The molecule has 1 heterocycles. The maximum absolute atomic E-state index is 6.12. The molecule has 0 radical (unpaired) electrons. The van der Waals surface area contributed by atoms with E-state index in [2.05, 4.69) is 11.4 Å². The van der Waals surface area contributed by atoms with Crippen molar-refractivity contribution in [3.05, 3.63) is 58.5 Å². The quantitative estimate of drug-likeness (QED) is 0.880. The first-order chi connectivity index (χ1) is 7.74. The van der Waals surface area contributed by atoms with Crippen molar-refractivity contribution < 1.29 is 4.42 Å². The Bertz CT molecular complexity index is 465. The van der Waals surface area contributed by atoms with Crippen LogP contribution in [-0.2, 0) is 0 Å². The molecule has 2 rings (SSSR count). The van der Waals surface area contributed by atoms with E-state index in [-0.39, 0.29) is 6.04 Å². The SMILES string of the molecule is CNC(c1ccco1)c1cccc(Cl)c1C. The minimum absolute atomic E-state index is 0.0497. The maximum Gasteiger partial charge on any atom is 0.125 e. The van der Waals surface area contributed by atoms with Crippen molar-refractivity contribution in [2.75, 3.05) is 7.05 Å². The Balaban J connectivity index is 2.45. The fourth-order valence-electron chi connectivity index (χ4n) is 1.84. The van der Waals surface area contributed by atoms with Gasteiger partial charge in [0.1, 0.15) is 5.76 Å². The van der Waals surface area contributed by atoms with Gasteiger partial charge in [-0.3, -0.25) is 0 Å². The molecule has 0 fully saturated rings. The van der Waals surface area contributed by atoms with Gasteiger partial charge in [-0.25, -0.2) is 0 Å². The Morgan fingerprint density at radius 1 is 1.25 bits per heavy atom. The highest BCUT2D eigenvalue weighted by Gasteiger charge is 2.17. The second-order valence-corrected chi connectivity index (χ2v) is 4.10. The lowest BCUT2D eigenvalue weighted by Gasteiger charge is -2.17. The normalized spacial score (nSPS) is 12.7. The highest BCUT2D eigenvalue weighted by atomic mass is 35.5. The highest BCUT2D eigenvalue weighted by molar-refractivity contribution is 6.31. The van der Waals surface area contributed by atoms with E-state index in [1.165, 1.54) is 0 Å². The van der Waals surface area contributed by atoms with Crippen molar-refractivity contribution in [2.24, 2.45) is 0 Å². The minimum Gasteiger partial charge on any atom is -0.467 e. The Morgan fingerprint density at radius 2 is 2.06 bits per heavy atom. The van der Waals surface area contributed by atoms with Crippen LogP contribution in [0.1, 0.15) is 22.9 Å². The van der Waals surface area contributed by atoms with Crippen LogP contribution in [0.5, 0.6) is 0 Å². The van der Waals surface area contributed by atoms with E-state index in [9.17, 15) is 0 Å². The van der Waals surface area contributed by atoms with E-state index in [0.29, 0.717) is 0 Å². The third-order valence-corrected chi connectivity index (χ3v) is 3.15. The van der Waals surface area contributed by atoms with Gasteiger partial charge in [-0.05, 0) is 43.3 Å². The molecule has 0 bridgehead atoms. The van der Waals surface area contributed by atoms with E-state index in [4.69, 9.17) is 16.0 Å². The Kier molecular flexibility index (Phi) is 3.32. The molecule has 0 spiro atoms. The Hall–Kier alpha value is -1.25. The third kappa shape index (κ3) is 1.99. The fraction of sp³-hybridized carbons (Fsp3) is 0.231. The van der Waals surface area contributed by atoms with Crippen molar-refractivity contribution in [1.82, 2.24) is 5.32 Å². The molecule has 0 aliphatic carbocycles. The zero-order valence-electron chi connectivity index (χ0n) is 9.33. The molecule has 1 aromatic heterocycles. The van der Waals surface area contributed by atoms with Crippen molar-refractivity contribution in [1.29, 1.82) is 0 Å². The molecule has 1 unspecified atom stereocenters. The number of rotatable bonds is 3. The topological polar surface area (TPSA) is 25.2 Å². The van der Waals surface area contributed by atoms with Crippen LogP contribution in [0.2, 0.25) is 5.02 Å². The summed E-state index contributed by atoms with van der Waals surface area (Å²) in [5.74, 6) is 0.896. The van der Waals surface area contributed by atoms with Gasteiger partial charge in [-0.1, -0.05) is 23.7 Å². The van der Waals surface area contributed by atoms with Gasteiger partial charge < -0.3 is 9.73 Å². The van der Waals surface area contributed by atoms with Gasteiger partial charge in [0.05, 0.1) is 12.3 Å². The number of nitrogens with one attached hydrogen (secondary N) is 1. The van der Waals surface area contributed by atoms with Crippen LogP contribution in [-0.4, -0.2) is 7.05 Å². The lowest BCUT2D eigenvalue weighted by Crippen LogP contribution is -2.18. The largest absolute Gasteiger partial charge is 0.467 e. The fourth-order valence-corrected chi connectivity index (χ4v) is 2.03. The number of halogens is 1. The van der Waals surface area contributed by atoms with Gasteiger partial charge in [-0.15, -0.1) is 0 Å². The second kappa shape index (κ2) is 4.73. The molecule has 1 N–H and O–H groups in total. The molecule has 0 amide bonds. The van der Waals surface area contributed by atoms with Gasteiger partial charge in [0, 0.05) is 5.02 Å². The third-order valence-electron chi connectivity index (χ3n) is 2.74. The molecule has 1 atom stereocenters. The number of hydrogen-bond acceptors (Lipinski definition) is 2. The smallest absolute Gasteiger partial charge is 0.125 e. The van der Waals surface area contributed by atoms with E-state index in [1.54, 1.807) is 6.26 Å². The van der Waals surface area contributed by atoms with Gasteiger partial charge in [-0.2, -0.15) is 0 Å². The second-order valence-electron chi connectivity index (χ2n) is 3.69. The number of benzene rings is 1. The van der Waals surface area contributed by atoms with Crippen molar-refractivity contribution in [3.8, 4) is 0 Å². The maximum atomic E-state index is 6.12. The molecular weight excluding hydrogens is 222 g/mol. The van der Waals surface area contributed by atoms with Crippen molar-refractivity contribution in [2.45, 2.75) is 13.0 Å². The summed E-state index contributed by atoms with van der Waals surface area (Å²) in [4.78, 5) is 0. The summed E-state index contributed by atoms with van der Waals surface area (Å²) >= 11 is 6.12. The van der Waals surface area contributed by atoms with Crippen molar-refractivity contribution >= 4 is 11.6 Å². The van der Waals surface area contributed by atoms with E-state index in [1.807, 2.05) is 38.2 Å². The van der Waals surface area contributed by atoms with Crippen LogP contribution in [0, 0.1) is 6.92 Å². The molecule has 2 nitrogen and oxygen atoms in total. The molecule has 16 heavy (non-hydrogen) atoms. The molecule has 3 heteroatoms. The molecule has 0 saturated heterocycles. The number of hydrogen-bond donors (Lipinski definition) is 1. The van der Waals surface area contributed by atoms with Gasteiger partial charge in [0.2, 0.25) is 0 Å². The Labute approximate surface area is 100 Å². The first kappa shape index (κ1) is 11.2. The summed E-state index contributed by atoms with van der Waals surface area (Å²) in [5.41, 5.74) is 2.23. The molecule has 0 aliphatic rings. The lowest BCUT2D eigenvalue weighted by molar-refractivity contribution is 0.462. The summed E-state index contributed by atoms with van der Waals surface area (Å²) in [5, 5.41) is 4.02. The summed E-state index contributed by atoms with van der Waals surface area (Å²) in [6, 6.07) is 9.81. The predicted octanol–water partition coefficient (Wildman–Crippen LogP) is 3.55. The molecule has 84 valence electrons. The van der Waals surface area contributed by atoms with E-state index < -0.39 is 0 Å². The first-order valence-corrected chi connectivity index (χ1v) is 5.57. The van der Waals surface area contributed by atoms with Crippen LogP contribution in [0.15, 0.2) is 41.0 Å². The monoisotopic (exact) mass is 235 g/mol. The average Bonchev–Trinajstić information content (AvgIpc) is 2.79. The van der Waals surface area contributed by atoms with Gasteiger partial charge in [0.15, 0.2) is 0 Å².